The third kappa shape index (κ3) is 6.98. The van der Waals surface area contributed by atoms with Gasteiger partial charge in [0, 0.05) is 19.5 Å². The number of benzene rings is 2. The van der Waals surface area contributed by atoms with Crippen LogP contribution in [0.3, 0.4) is 0 Å². The molecule has 0 aliphatic heterocycles. The second-order valence-corrected chi connectivity index (χ2v) is 9.86. The maximum absolute atomic E-state index is 12.8. The van der Waals surface area contributed by atoms with Crippen molar-refractivity contribution < 1.29 is 32.6 Å². The number of sulfone groups is 1. The summed E-state index contributed by atoms with van der Waals surface area (Å²) >= 11 is 0. The van der Waals surface area contributed by atoms with E-state index in [-0.39, 0.29) is 10.8 Å². The lowest BCUT2D eigenvalue weighted by molar-refractivity contribution is -0.176. The Kier molecular flexibility index (Phi) is 8.39. The Hall–Kier alpha value is -3.54. The second-order valence-electron chi connectivity index (χ2n) is 7.83. The Bertz CT molecular complexity index is 1270. The molecule has 1 amide bonds. The molecule has 11 heteroatoms. The van der Waals surface area contributed by atoms with Crippen molar-refractivity contribution in [3.05, 3.63) is 71.9 Å². The molecule has 3 rings (SSSR count). The zero-order chi connectivity index (χ0) is 25.6. The van der Waals surface area contributed by atoms with Crippen molar-refractivity contribution in [1.29, 1.82) is 0 Å². The molecule has 186 valence electrons. The van der Waals surface area contributed by atoms with E-state index in [1.165, 1.54) is 16.8 Å². The van der Waals surface area contributed by atoms with Gasteiger partial charge in [-0.25, -0.2) is 8.42 Å². The van der Waals surface area contributed by atoms with Crippen molar-refractivity contribution in [2.24, 2.45) is 7.05 Å². The van der Waals surface area contributed by atoms with Gasteiger partial charge < -0.3 is 19.9 Å². The summed E-state index contributed by atoms with van der Waals surface area (Å²) in [5.41, 5.74) is 2.65. The molecule has 10 nitrogen and oxygen atoms in total. The molecule has 0 aliphatic rings. The minimum absolute atomic E-state index is 0.0194. The fraction of sp³-hybridized carbons (Fsp3) is 0.292. The van der Waals surface area contributed by atoms with Gasteiger partial charge in [0.2, 0.25) is 0 Å². The number of nitrogens with zero attached hydrogens (tertiary/aromatic N) is 2. The average molecular weight is 502 g/mol. The predicted molar refractivity (Wildman–Crippen MR) is 127 cm³/mol. The van der Waals surface area contributed by atoms with Crippen LogP contribution >= 0.6 is 0 Å². The number of hydrogen-bond acceptors (Lipinski definition) is 8. The highest BCUT2D eigenvalue weighted by molar-refractivity contribution is 7.91. The zero-order valence-corrected chi connectivity index (χ0v) is 20.4. The number of carbonyl (C=O) groups excluding carboxylic acids is 2. The molecular formula is C24H27N3O7S. The van der Waals surface area contributed by atoms with Crippen LogP contribution in [0.25, 0.3) is 11.3 Å². The SMILES string of the molecule is CC(=O)OCOC(O)CS(=O)(=O)c1ccc([C@@H](C)NC(=O)c2cc(-c3ccccc3)nn2C)cc1. The Morgan fingerprint density at radius 2 is 1.77 bits per heavy atom. The van der Waals surface area contributed by atoms with E-state index in [4.69, 9.17) is 4.74 Å². The summed E-state index contributed by atoms with van der Waals surface area (Å²) in [6.07, 6.45) is -1.66. The lowest BCUT2D eigenvalue weighted by Gasteiger charge is -2.16. The molecule has 1 unspecified atom stereocenters. The molecule has 3 aromatic rings. The number of amides is 1. The van der Waals surface area contributed by atoms with Crippen LogP contribution in [0.15, 0.2) is 65.6 Å². The van der Waals surface area contributed by atoms with Gasteiger partial charge in [-0.1, -0.05) is 42.5 Å². The summed E-state index contributed by atoms with van der Waals surface area (Å²) in [5, 5.41) is 17.1. The van der Waals surface area contributed by atoms with Crippen molar-refractivity contribution in [2.45, 2.75) is 31.1 Å². The van der Waals surface area contributed by atoms with Gasteiger partial charge in [0.1, 0.15) is 11.4 Å². The highest BCUT2D eigenvalue weighted by Crippen LogP contribution is 2.21. The number of rotatable bonds is 10. The summed E-state index contributed by atoms with van der Waals surface area (Å²) in [6.45, 7) is 2.39. The van der Waals surface area contributed by atoms with Crippen molar-refractivity contribution in [3.63, 3.8) is 0 Å². The average Bonchev–Trinajstić information content (AvgIpc) is 3.21. The molecular weight excluding hydrogens is 474 g/mol. The van der Waals surface area contributed by atoms with Gasteiger partial charge in [0.05, 0.1) is 16.6 Å². The van der Waals surface area contributed by atoms with E-state index in [0.717, 1.165) is 12.5 Å². The first kappa shape index (κ1) is 26.1. The number of esters is 1. The normalized spacial score (nSPS) is 13.1. The highest BCUT2D eigenvalue weighted by Gasteiger charge is 2.22. The molecule has 0 saturated heterocycles. The molecule has 0 saturated carbocycles. The van der Waals surface area contributed by atoms with Gasteiger partial charge >= 0.3 is 5.97 Å². The lowest BCUT2D eigenvalue weighted by atomic mass is 10.1. The number of carbonyl (C=O) groups is 2. The Morgan fingerprint density at radius 1 is 1.11 bits per heavy atom. The highest BCUT2D eigenvalue weighted by atomic mass is 32.2. The van der Waals surface area contributed by atoms with Crippen molar-refractivity contribution in [3.8, 4) is 11.3 Å². The first-order valence-corrected chi connectivity index (χ1v) is 12.4. The minimum atomic E-state index is -3.86. The summed E-state index contributed by atoms with van der Waals surface area (Å²) in [7, 11) is -2.17. The molecule has 1 heterocycles. The first-order valence-electron chi connectivity index (χ1n) is 10.7. The molecule has 0 radical (unpaired) electrons. The fourth-order valence-corrected chi connectivity index (χ4v) is 4.49. The third-order valence-corrected chi connectivity index (χ3v) is 6.87. The second kappa shape index (κ2) is 11.3. The first-order chi connectivity index (χ1) is 16.6. The summed E-state index contributed by atoms with van der Waals surface area (Å²) in [6, 6.07) is 16.8. The van der Waals surface area contributed by atoms with Gasteiger partial charge in [0.25, 0.3) is 5.91 Å². The van der Waals surface area contributed by atoms with Crippen molar-refractivity contribution in [2.75, 3.05) is 12.5 Å². The van der Waals surface area contributed by atoms with Crippen molar-refractivity contribution >= 4 is 21.7 Å². The van der Waals surface area contributed by atoms with Crippen LogP contribution in [0.1, 0.15) is 35.9 Å². The summed E-state index contributed by atoms with van der Waals surface area (Å²) < 4.78 is 35.8. The number of aromatic nitrogens is 2. The molecule has 1 aromatic heterocycles. The van der Waals surface area contributed by atoms with E-state index in [0.29, 0.717) is 17.0 Å². The number of hydrogen-bond donors (Lipinski definition) is 2. The molecule has 2 aromatic carbocycles. The van der Waals surface area contributed by atoms with Crippen LogP contribution in [0.4, 0.5) is 0 Å². The summed E-state index contributed by atoms with van der Waals surface area (Å²) in [5.74, 6) is -1.64. The van der Waals surface area contributed by atoms with E-state index >= 15 is 0 Å². The van der Waals surface area contributed by atoms with Crippen LogP contribution in [-0.4, -0.2) is 54.0 Å². The Labute approximate surface area is 203 Å². The molecule has 0 fully saturated rings. The van der Waals surface area contributed by atoms with Crippen LogP contribution in [0, 0.1) is 0 Å². The van der Waals surface area contributed by atoms with E-state index < -0.39 is 40.7 Å². The molecule has 0 spiro atoms. The van der Waals surface area contributed by atoms with Gasteiger partial charge in [-0.3, -0.25) is 14.3 Å². The number of aliphatic hydroxyl groups excluding tert-OH is 1. The van der Waals surface area contributed by atoms with Crippen molar-refractivity contribution in [1.82, 2.24) is 15.1 Å². The van der Waals surface area contributed by atoms with Crippen LogP contribution < -0.4 is 5.32 Å². The maximum Gasteiger partial charge on any atom is 0.304 e. The van der Waals surface area contributed by atoms with E-state index in [1.54, 1.807) is 32.2 Å². The summed E-state index contributed by atoms with van der Waals surface area (Å²) in [4.78, 5) is 23.5. The topological polar surface area (TPSA) is 137 Å². The molecule has 2 N–H and O–H groups in total. The van der Waals surface area contributed by atoms with Gasteiger partial charge in [0.15, 0.2) is 22.9 Å². The lowest BCUT2D eigenvalue weighted by Crippen LogP contribution is -2.28. The minimum Gasteiger partial charge on any atom is -0.439 e. The smallest absolute Gasteiger partial charge is 0.304 e. The predicted octanol–water partition coefficient (Wildman–Crippen LogP) is 2.21. The monoisotopic (exact) mass is 501 g/mol. The van der Waals surface area contributed by atoms with E-state index in [9.17, 15) is 23.1 Å². The molecule has 35 heavy (non-hydrogen) atoms. The Morgan fingerprint density at radius 3 is 2.40 bits per heavy atom. The van der Waals surface area contributed by atoms with Crippen LogP contribution in [0.5, 0.6) is 0 Å². The largest absolute Gasteiger partial charge is 0.439 e. The zero-order valence-electron chi connectivity index (χ0n) is 19.5. The number of aliphatic hydroxyl groups is 1. The number of aryl methyl sites for hydroxylation is 1. The van der Waals surface area contributed by atoms with Crippen LogP contribution in [0.2, 0.25) is 0 Å². The molecule has 0 bridgehead atoms. The number of ether oxygens (including phenoxy) is 2. The maximum atomic E-state index is 12.8. The third-order valence-electron chi connectivity index (χ3n) is 5.15. The van der Waals surface area contributed by atoms with E-state index in [1.807, 2.05) is 30.3 Å². The van der Waals surface area contributed by atoms with Gasteiger partial charge in [-0.2, -0.15) is 5.10 Å². The standard InChI is InChI=1S/C24H27N3O7S/c1-16(25-24(30)22-13-21(26-27(22)3)19-7-5-4-6-8-19)18-9-11-20(12-10-18)35(31,32)14-23(29)34-15-33-17(2)28/h4-13,16,23,29H,14-15H2,1-3H3,(H,25,30)/t16-,23?/m1/s1. The van der Waals surface area contributed by atoms with Crippen LogP contribution in [-0.2, 0) is 31.2 Å². The molecule has 2 atom stereocenters. The molecule has 0 aliphatic carbocycles. The number of nitrogens with one attached hydrogen (secondary N) is 1. The fourth-order valence-electron chi connectivity index (χ4n) is 3.28. The van der Waals surface area contributed by atoms with E-state index in [2.05, 4.69) is 15.2 Å². The van der Waals surface area contributed by atoms with Gasteiger partial charge in [-0.15, -0.1) is 0 Å². The quantitative estimate of drug-likeness (QED) is 0.319. The van der Waals surface area contributed by atoms with Gasteiger partial charge in [-0.05, 0) is 30.7 Å². The Balaban J connectivity index is 1.63.